The van der Waals surface area contributed by atoms with E-state index in [1.165, 1.54) is 19.3 Å². The Morgan fingerprint density at radius 1 is 1.24 bits per heavy atom. The van der Waals surface area contributed by atoms with Crippen LogP contribution in [0.1, 0.15) is 38.5 Å². The Kier molecular flexibility index (Phi) is 3.76. The summed E-state index contributed by atoms with van der Waals surface area (Å²) in [7, 11) is -3.19. The smallest absolute Gasteiger partial charge is 0.358 e. The molecule has 4 rings (SSSR count). The highest BCUT2D eigenvalue weighted by molar-refractivity contribution is 7.90. The number of ether oxygens (including phenoxy) is 1. The van der Waals surface area contributed by atoms with Crippen LogP contribution in [-0.2, 0) is 19.6 Å². The monoisotopic (exact) mass is 319 g/mol. The quantitative estimate of drug-likeness (QED) is 0.781. The standard InChI is InChI=1S/C14H22FNO4S/c1-16-21(18,19)12(15)13(17)20-8-14-5-9-2-10(6-14)4-11(3-9)7-14/h9-12,16H,2-8H2,1H3. The maximum Gasteiger partial charge on any atom is 0.358 e. The van der Waals surface area contributed by atoms with Crippen LogP contribution in [0, 0.1) is 23.2 Å². The Bertz CT molecular complexity index is 498. The van der Waals surface area contributed by atoms with Crippen LogP contribution in [0.15, 0.2) is 0 Å². The summed E-state index contributed by atoms with van der Waals surface area (Å²) in [4.78, 5) is 11.6. The second-order valence-electron chi connectivity index (χ2n) is 7.09. The first-order valence-corrected chi connectivity index (χ1v) is 9.11. The Labute approximate surface area is 124 Å². The molecule has 0 aromatic carbocycles. The average Bonchev–Trinajstić information content (AvgIpc) is 2.42. The Morgan fingerprint density at radius 2 is 1.71 bits per heavy atom. The summed E-state index contributed by atoms with van der Waals surface area (Å²) in [5, 5.41) is 0. The summed E-state index contributed by atoms with van der Waals surface area (Å²) in [5.41, 5.74) is -2.68. The van der Waals surface area contributed by atoms with Crippen LogP contribution < -0.4 is 4.72 Å². The number of hydrogen-bond acceptors (Lipinski definition) is 4. The normalized spacial score (nSPS) is 39.2. The third kappa shape index (κ3) is 2.82. The van der Waals surface area contributed by atoms with E-state index in [1.807, 2.05) is 4.72 Å². The molecule has 4 bridgehead atoms. The maximum absolute atomic E-state index is 13.6. The van der Waals surface area contributed by atoms with E-state index in [-0.39, 0.29) is 12.0 Å². The highest BCUT2D eigenvalue weighted by Crippen LogP contribution is 2.60. The molecule has 1 N–H and O–H groups in total. The lowest BCUT2D eigenvalue weighted by Gasteiger charge is -2.56. The number of nitrogens with one attached hydrogen (secondary N) is 1. The molecule has 4 aliphatic rings. The van der Waals surface area contributed by atoms with Crippen molar-refractivity contribution in [1.29, 1.82) is 0 Å². The van der Waals surface area contributed by atoms with Crippen LogP contribution in [0.4, 0.5) is 4.39 Å². The molecule has 0 spiro atoms. The third-order valence-electron chi connectivity index (χ3n) is 5.43. The molecular weight excluding hydrogens is 297 g/mol. The highest BCUT2D eigenvalue weighted by atomic mass is 32.2. The van der Waals surface area contributed by atoms with Crippen LogP contribution in [0.2, 0.25) is 0 Å². The maximum atomic E-state index is 13.6. The van der Waals surface area contributed by atoms with Crippen molar-refractivity contribution < 1.29 is 22.3 Å². The van der Waals surface area contributed by atoms with Crippen LogP contribution in [0.25, 0.3) is 0 Å². The average molecular weight is 319 g/mol. The molecule has 0 amide bonds. The van der Waals surface area contributed by atoms with Crippen molar-refractivity contribution in [2.45, 2.75) is 44.0 Å². The molecule has 0 radical (unpaired) electrons. The molecule has 0 aromatic rings. The zero-order valence-electron chi connectivity index (χ0n) is 12.2. The lowest BCUT2D eigenvalue weighted by Crippen LogP contribution is -2.49. The Balaban J connectivity index is 1.62. The molecule has 4 fully saturated rings. The first-order valence-electron chi connectivity index (χ1n) is 7.57. The lowest BCUT2D eigenvalue weighted by atomic mass is 9.50. The van der Waals surface area contributed by atoms with Gasteiger partial charge in [-0.15, -0.1) is 0 Å². The second-order valence-corrected chi connectivity index (χ2v) is 9.00. The van der Waals surface area contributed by atoms with E-state index in [4.69, 9.17) is 4.74 Å². The summed E-state index contributed by atoms with van der Waals surface area (Å²) >= 11 is 0. The van der Waals surface area contributed by atoms with Crippen molar-refractivity contribution >= 4 is 16.0 Å². The van der Waals surface area contributed by atoms with Gasteiger partial charge >= 0.3 is 11.5 Å². The fourth-order valence-corrected chi connectivity index (χ4v) is 5.52. The van der Waals surface area contributed by atoms with Gasteiger partial charge in [-0.3, -0.25) is 0 Å². The van der Waals surface area contributed by atoms with Gasteiger partial charge in [-0.05, 0) is 63.3 Å². The Morgan fingerprint density at radius 3 is 2.14 bits per heavy atom. The van der Waals surface area contributed by atoms with Gasteiger partial charge in [0, 0.05) is 5.41 Å². The van der Waals surface area contributed by atoms with E-state index in [9.17, 15) is 17.6 Å². The van der Waals surface area contributed by atoms with Crippen LogP contribution >= 0.6 is 0 Å². The van der Waals surface area contributed by atoms with Crippen LogP contribution in [-0.4, -0.2) is 33.5 Å². The first kappa shape index (κ1) is 15.2. The zero-order valence-corrected chi connectivity index (χ0v) is 13.0. The van der Waals surface area contributed by atoms with Crippen molar-refractivity contribution in [1.82, 2.24) is 4.72 Å². The summed E-state index contributed by atoms with van der Waals surface area (Å²) < 4.78 is 43.0. The fourth-order valence-electron chi connectivity index (χ4n) is 4.99. The molecule has 0 aliphatic heterocycles. The van der Waals surface area contributed by atoms with Gasteiger partial charge in [0.2, 0.25) is 0 Å². The molecule has 0 saturated heterocycles. The summed E-state index contributed by atoms with van der Waals surface area (Å²) in [6.07, 6.45) is 6.90. The van der Waals surface area contributed by atoms with E-state index in [0.717, 1.165) is 26.3 Å². The van der Waals surface area contributed by atoms with Gasteiger partial charge in [-0.25, -0.2) is 22.3 Å². The van der Waals surface area contributed by atoms with Crippen molar-refractivity contribution in [3.63, 3.8) is 0 Å². The van der Waals surface area contributed by atoms with E-state index >= 15 is 0 Å². The summed E-state index contributed by atoms with van der Waals surface area (Å²) in [6, 6.07) is 0. The van der Waals surface area contributed by atoms with E-state index in [1.54, 1.807) is 0 Å². The van der Waals surface area contributed by atoms with Gasteiger partial charge in [-0.1, -0.05) is 0 Å². The van der Waals surface area contributed by atoms with E-state index in [2.05, 4.69) is 0 Å². The molecule has 7 heteroatoms. The number of alkyl halides is 1. The topological polar surface area (TPSA) is 72.5 Å². The van der Waals surface area contributed by atoms with Gasteiger partial charge in [0.05, 0.1) is 6.61 Å². The van der Waals surface area contributed by atoms with Gasteiger partial charge in [0.25, 0.3) is 10.0 Å². The fraction of sp³-hybridized carbons (Fsp3) is 0.929. The van der Waals surface area contributed by atoms with Crippen molar-refractivity contribution in [3.8, 4) is 0 Å². The molecule has 0 heterocycles. The molecule has 1 atom stereocenters. The second kappa shape index (κ2) is 5.19. The summed E-state index contributed by atoms with van der Waals surface area (Å²) in [5.74, 6) is 0.826. The Hall–Kier alpha value is -0.690. The number of hydrogen-bond donors (Lipinski definition) is 1. The van der Waals surface area contributed by atoms with E-state index in [0.29, 0.717) is 17.8 Å². The number of rotatable bonds is 5. The summed E-state index contributed by atoms with van der Waals surface area (Å²) in [6.45, 7) is 0.162. The van der Waals surface area contributed by atoms with E-state index < -0.39 is 21.5 Å². The van der Waals surface area contributed by atoms with Crippen molar-refractivity contribution in [3.05, 3.63) is 0 Å². The van der Waals surface area contributed by atoms with Gasteiger partial charge < -0.3 is 4.74 Å². The predicted octanol–water partition coefficient (Wildman–Crippen LogP) is 1.59. The van der Waals surface area contributed by atoms with Gasteiger partial charge in [-0.2, -0.15) is 0 Å². The lowest BCUT2D eigenvalue weighted by molar-refractivity contribution is -0.158. The number of carbonyl (C=O) groups excluding carboxylic acids is 1. The van der Waals surface area contributed by atoms with Crippen LogP contribution in [0.5, 0.6) is 0 Å². The molecule has 1 unspecified atom stereocenters. The van der Waals surface area contributed by atoms with Gasteiger partial charge in [0.1, 0.15) is 0 Å². The zero-order chi connectivity index (χ0) is 15.3. The number of carbonyl (C=O) groups is 1. The van der Waals surface area contributed by atoms with Gasteiger partial charge in [0.15, 0.2) is 0 Å². The molecule has 21 heavy (non-hydrogen) atoms. The van der Waals surface area contributed by atoms with Crippen LogP contribution in [0.3, 0.4) is 0 Å². The SMILES string of the molecule is CNS(=O)(=O)C(F)C(=O)OCC12CC3CC(CC(C3)C1)C2. The predicted molar refractivity (Wildman–Crippen MR) is 74.4 cm³/mol. The number of halogens is 1. The minimum atomic E-state index is -4.27. The largest absolute Gasteiger partial charge is 0.462 e. The number of esters is 1. The highest BCUT2D eigenvalue weighted by Gasteiger charge is 2.51. The third-order valence-corrected chi connectivity index (χ3v) is 6.73. The number of sulfonamides is 1. The molecule has 120 valence electrons. The molecular formula is C14H22FNO4S. The molecule has 0 aromatic heterocycles. The van der Waals surface area contributed by atoms with Crippen molar-refractivity contribution in [2.75, 3.05) is 13.7 Å². The minimum Gasteiger partial charge on any atom is -0.462 e. The molecule has 4 aliphatic carbocycles. The first-order chi connectivity index (χ1) is 9.83. The minimum absolute atomic E-state index is 0.0342. The molecule has 4 saturated carbocycles. The van der Waals surface area contributed by atoms with Crippen molar-refractivity contribution in [2.24, 2.45) is 23.2 Å². The molecule has 5 nitrogen and oxygen atoms in total.